The first-order valence-corrected chi connectivity index (χ1v) is 8.21. The number of amides is 2. The molecule has 9 nitrogen and oxygen atoms in total. The molecule has 1 atom stereocenters. The van der Waals surface area contributed by atoms with E-state index in [0.29, 0.717) is 11.3 Å². The lowest BCUT2D eigenvalue weighted by molar-refractivity contribution is -0.384. The number of furan rings is 1. The van der Waals surface area contributed by atoms with E-state index >= 15 is 0 Å². The quantitative estimate of drug-likeness (QED) is 0.473. The smallest absolute Gasteiger partial charge is 0.338 e. The number of rotatable bonds is 5. The van der Waals surface area contributed by atoms with Crippen molar-refractivity contribution in [2.75, 3.05) is 6.61 Å². The number of para-hydroxylation sites is 1. The van der Waals surface area contributed by atoms with Gasteiger partial charge in [-0.05, 0) is 32.0 Å². The largest absolute Gasteiger partial charge is 0.463 e. The number of esters is 1. The van der Waals surface area contributed by atoms with Crippen molar-refractivity contribution < 1.29 is 23.7 Å². The third-order valence-electron chi connectivity index (χ3n) is 4.04. The number of hydrogen-bond acceptors (Lipinski definition) is 6. The average molecular weight is 371 g/mol. The van der Waals surface area contributed by atoms with E-state index in [2.05, 4.69) is 10.6 Å². The lowest BCUT2D eigenvalue weighted by Crippen LogP contribution is -2.45. The van der Waals surface area contributed by atoms with Gasteiger partial charge in [0.25, 0.3) is 5.69 Å². The summed E-state index contributed by atoms with van der Waals surface area (Å²) in [7, 11) is 0. The Hall–Kier alpha value is -3.62. The number of carbonyl (C=O) groups excluding carboxylic acids is 2. The van der Waals surface area contributed by atoms with Crippen LogP contribution in [0, 0.1) is 10.1 Å². The van der Waals surface area contributed by atoms with Crippen molar-refractivity contribution in [3.05, 3.63) is 63.5 Å². The maximum Gasteiger partial charge on any atom is 0.338 e. The Morgan fingerprint density at radius 3 is 2.74 bits per heavy atom. The van der Waals surface area contributed by atoms with Crippen LogP contribution in [0.3, 0.4) is 0 Å². The standard InChI is InChI=1S/C18H17N3O6/c1-3-26-17(22)15-10(2)19-18(23)20-16(15)14-9-8-13(27-14)11-6-4-5-7-12(11)21(24)25/h4-9,16H,3H2,1-2H3,(H2,19,20,23). The molecule has 0 saturated carbocycles. The summed E-state index contributed by atoms with van der Waals surface area (Å²) in [6.07, 6.45) is 0. The zero-order chi connectivity index (χ0) is 19.6. The predicted octanol–water partition coefficient (Wildman–Crippen LogP) is 3.05. The first kappa shape index (κ1) is 18.2. The first-order valence-electron chi connectivity index (χ1n) is 8.21. The highest BCUT2D eigenvalue weighted by molar-refractivity contribution is 5.94. The molecule has 0 fully saturated rings. The number of nitrogens with one attached hydrogen (secondary N) is 2. The maximum atomic E-state index is 12.3. The third kappa shape index (κ3) is 3.52. The lowest BCUT2D eigenvalue weighted by Gasteiger charge is -2.26. The maximum absolute atomic E-state index is 12.3. The van der Waals surface area contributed by atoms with Gasteiger partial charge in [0.05, 0.1) is 22.7 Å². The van der Waals surface area contributed by atoms with E-state index in [-0.39, 0.29) is 29.4 Å². The summed E-state index contributed by atoms with van der Waals surface area (Å²) in [5.41, 5.74) is 0.753. The van der Waals surface area contributed by atoms with Crippen LogP contribution in [0.2, 0.25) is 0 Å². The second-order valence-electron chi connectivity index (χ2n) is 5.77. The molecule has 0 saturated heterocycles. The molecule has 1 aromatic carbocycles. The molecule has 27 heavy (non-hydrogen) atoms. The van der Waals surface area contributed by atoms with Crippen molar-refractivity contribution in [3.8, 4) is 11.3 Å². The summed E-state index contributed by atoms with van der Waals surface area (Å²) in [4.78, 5) is 34.9. The van der Waals surface area contributed by atoms with E-state index in [1.54, 1.807) is 44.2 Å². The molecular weight excluding hydrogens is 354 g/mol. The second kappa shape index (κ2) is 7.32. The molecule has 0 aliphatic carbocycles. The van der Waals surface area contributed by atoms with Gasteiger partial charge in [-0.3, -0.25) is 10.1 Å². The SMILES string of the molecule is CCOC(=O)C1=C(C)NC(=O)NC1c1ccc(-c2ccccc2[N+](=O)[O-])o1. The van der Waals surface area contributed by atoms with E-state index in [1.165, 1.54) is 6.07 Å². The molecule has 0 bridgehead atoms. The van der Waals surface area contributed by atoms with Gasteiger partial charge in [0.15, 0.2) is 0 Å². The van der Waals surface area contributed by atoms with Crippen molar-refractivity contribution in [2.24, 2.45) is 0 Å². The Kier molecular flexibility index (Phi) is 4.93. The number of allylic oxidation sites excluding steroid dienone is 1. The molecule has 2 aromatic rings. The predicted molar refractivity (Wildman–Crippen MR) is 94.5 cm³/mol. The molecule has 0 radical (unpaired) electrons. The van der Waals surface area contributed by atoms with Gasteiger partial charge in [0.2, 0.25) is 0 Å². The highest BCUT2D eigenvalue weighted by atomic mass is 16.6. The topological polar surface area (TPSA) is 124 Å². The van der Waals surface area contributed by atoms with Gasteiger partial charge in [-0.1, -0.05) is 12.1 Å². The average Bonchev–Trinajstić information content (AvgIpc) is 3.11. The number of urea groups is 1. The fourth-order valence-electron chi connectivity index (χ4n) is 2.88. The molecule has 2 N–H and O–H groups in total. The van der Waals surface area contributed by atoms with Crippen molar-refractivity contribution in [1.82, 2.24) is 10.6 Å². The number of hydrogen-bond donors (Lipinski definition) is 2. The Balaban J connectivity index is 2.02. The molecule has 3 rings (SSSR count). The van der Waals surface area contributed by atoms with Crippen molar-refractivity contribution in [1.29, 1.82) is 0 Å². The normalized spacial score (nSPS) is 16.5. The molecule has 0 spiro atoms. The van der Waals surface area contributed by atoms with Crippen LogP contribution in [0.5, 0.6) is 0 Å². The minimum atomic E-state index is -0.866. The molecule has 2 amide bonds. The molecule has 1 unspecified atom stereocenters. The molecule has 2 heterocycles. The van der Waals surface area contributed by atoms with Crippen molar-refractivity contribution >= 4 is 17.7 Å². The van der Waals surface area contributed by atoms with Gasteiger partial charge in [-0.2, -0.15) is 0 Å². The Labute approximate surface area is 154 Å². The highest BCUT2D eigenvalue weighted by Gasteiger charge is 2.34. The molecule has 9 heteroatoms. The molecule has 1 aromatic heterocycles. The Bertz CT molecular complexity index is 946. The highest BCUT2D eigenvalue weighted by Crippen LogP contribution is 2.35. The molecule has 1 aliphatic heterocycles. The van der Waals surface area contributed by atoms with E-state index in [4.69, 9.17) is 9.15 Å². The van der Waals surface area contributed by atoms with Crippen LogP contribution in [0.15, 0.2) is 52.1 Å². The lowest BCUT2D eigenvalue weighted by atomic mass is 10.0. The molecule has 140 valence electrons. The van der Waals surface area contributed by atoms with Gasteiger partial charge in [0.1, 0.15) is 17.6 Å². The Morgan fingerprint density at radius 2 is 2.04 bits per heavy atom. The summed E-state index contributed by atoms with van der Waals surface area (Å²) in [6, 6.07) is 7.92. The van der Waals surface area contributed by atoms with Crippen LogP contribution in [-0.2, 0) is 9.53 Å². The summed E-state index contributed by atoms with van der Waals surface area (Å²) in [5, 5.41) is 16.4. The minimum absolute atomic E-state index is 0.106. The number of benzene rings is 1. The van der Waals surface area contributed by atoms with Crippen LogP contribution in [0.25, 0.3) is 11.3 Å². The van der Waals surface area contributed by atoms with E-state index in [0.717, 1.165) is 0 Å². The van der Waals surface area contributed by atoms with Crippen LogP contribution in [0.1, 0.15) is 25.6 Å². The van der Waals surface area contributed by atoms with Crippen LogP contribution in [-0.4, -0.2) is 23.5 Å². The zero-order valence-corrected chi connectivity index (χ0v) is 14.6. The first-order chi connectivity index (χ1) is 12.9. The summed E-state index contributed by atoms with van der Waals surface area (Å²) in [6.45, 7) is 3.44. The fourth-order valence-corrected chi connectivity index (χ4v) is 2.88. The van der Waals surface area contributed by atoms with Gasteiger partial charge in [0, 0.05) is 11.8 Å². The third-order valence-corrected chi connectivity index (χ3v) is 4.04. The zero-order valence-electron chi connectivity index (χ0n) is 14.6. The molecular formula is C18H17N3O6. The monoisotopic (exact) mass is 371 g/mol. The number of ether oxygens (including phenoxy) is 1. The van der Waals surface area contributed by atoms with Crippen LogP contribution < -0.4 is 10.6 Å². The van der Waals surface area contributed by atoms with E-state index in [9.17, 15) is 19.7 Å². The van der Waals surface area contributed by atoms with Gasteiger partial charge >= 0.3 is 12.0 Å². The summed E-state index contributed by atoms with van der Waals surface area (Å²) >= 11 is 0. The number of nitro benzene ring substituents is 1. The van der Waals surface area contributed by atoms with Gasteiger partial charge in [-0.15, -0.1) is 0 Å². The van der Waals surface area contributed by atoms with E-state index < -0.39 is 23.0 Å². The van der Waals surface area contributed by atoms with Crippen molar-refractivity contribution in [3.63, 3.8) is 0 Å². The summed E-state index contributed by atoms with van der Waals surface area (Å²) < 4.78 is 10.8. The van der Waals surface area contributed by atoms with E-state index in [1.807, 2.05) is 0 Å². The van der Waals surface area contributed by atoms with Crippen LogP contribution in [0.4, 0.5) is 10.5 Å². The number of nitrogens with zero attached hydrogens (tertiary/aromatic N) is 1. The van der Waals surface area contributed by atoms with Gasteiger partial charge < -0.3 is 19.8 Å². The van der Waals surface area contributed by atoms with Gasteiger partial charge in [-0.25, -0.2) is 9.59 Å². The molecule has 1 aliphatic rings. The fraction of sp³-hybridized carbons (Fsp3) is 0.222. The van der Waals surface area contributed by atoms with Crippen LogP contribution >= 0.6 is 0 Å². The summed E-state index contributed by atoms with van der Waals surface area (Å²) in [5.74, 6) is -0.0671. The van der Waals surface area contributed by atoms with Crippen molar-refractivity contribution in [2.45, 2.75) is 19.9 Å². The Morgan fingerprint density at radius 1 is 1.30 bits per heavy atom. The number of carbonyl (C=O) groups is 2. The number of nitro groups is 1. The minimum Gasteiger partial charge on any atom is -0.463 e. The second-order valence-corrected chi connectivity index (χ2v) is 5.77.